The molecule has 4 rings (SSSR count). The van der Waals surface area contributed by atoms with Crippen molar-refractivity contribution in [3.8, 4) is 5.75 Å². The number of benzene rings is 2. The third-order valence-electron chi connectivity index (χ3n) is 6.41. The van der Waals surface area contributed by atoms with E-state index in [1.165, 1.54) is 23.0 Å². The SMILES string of the molecule is COC(=O)c1sccc1S(=O)(=O)N1CCN(C[C@@H](OCc2ccc(C)cc2)c2cccc(OC)c2)CC1. The molecule has 1 atom stereocenters. The predicted molar refractivity (Wildman–Crippen MR) is 143 cm³/mol. The van der Waals surface area contributed by atoms with Crippen LogP contribution in [0.4, 0.5) is 0 Å². The molecule has 1 fully saturated rings. The fourth-order valence-corrected chi connectivity index (χ4v) is 6.98. The van der Waals surface area contributed by atoms with Crippen LogP contribution in [0, 0.1) is 6.92 Å². The molecule has 0 N–H and O–H groups in total. The Morgan fingerprint density at radius 3 is 2.43 bits per heavy atom. The number of ether oxygens (including phenoxy) is 3. The van der Waals surface area contributed by atoms with Crippen LogP contribution in [-0.2, 0) is 26.1 Å². The lowest BCUT2D eigenvalue weighted by Crippen LogP contribution is -2.49. The smallest absolute Gasteiger partial charge is 0.349 e. The topological polar surface area (TPSA) is 85.4 Å². The summed E-state index contributed by atoms with van der Waals surface area (Å²) < 4.78 is 44.5. The number of thiophene rings is 1. The zero-order valence-corrected chi connectivity index (χ0v) is 22.9. The van der Waals surface area contributed by atoms with Crippen molar-refractivity contribution in [2.45, 2.75) is 24.5 Å². The third kappa shape index (κ3) is 6.58. The first kappa shape index (κ1) is 27.3. The lowest BCUT2D eigenvalue weighted by molar-refractivity contribution is 0.00762. The van der Waals surface area contributed by atoms with E-state index >= 15 is 0 Å². The molecule has 0 radical (unpaired) electrons. The second-order valence-corrected chi connectivity index (χ2v) is 11.7. The number of carbonyl (C=O) groups is 1. The van der Waals surface area contributed by atoms with Crippen molar-refractivity contribution < 1.29 is 27.4 Å². The molecule has 1 aliphatic heterocycles. The molecule has 0 amide bonds. The zero-order valence-electron chi connectivity index (χ0n) is 21.3. The van der Waals surface area contributed by atoms with Crippen LogP contribution in [0.25, 0.3) is 0 Å². The van der Waals surface area contributed by atoms with Gasteiger partial charge in [0.1, 0.15) is 15.5 Å². The van der Waals surface area contributed by atoms with Crippen LogP contribution in [0.15, 0.2) is 64.9 Å². The molecule has 10 heteroatoms. The molecule has 0 aliphatic carbocycles. The van der Waals surface area contributed by atoms with Crippen LogP contribution >= 0.6 is 11.3 Å². The van der Waals surface area contributed by atoms with Crippen LogP contribution in [0.2, 0.25) is 0 Å². The maximum absolute atomic E-state index is 13.3. The third-order valence-corrected chi connectivity index (χ3v) is 9.38. The number of aryl methyl sites for hydroxylation is 1. The molecular formula is C27H32N2O6S2. The molecule has 0 spiro atoms. The van der Waals surface area contributed by atoms with Gasteiger partial charge in [0.05, 0.1) is 26.9 Å². The molecule has 2 aromatic carbocycles. The largest absolute Gasteiger partial charge is 0.497 e. The summed E-state index contributed by atoms with van der Waals surface area (Å²) in [5.74, 6) is 0.119. The molecule has 0 bridgehead atoms. The minimum absolute atomic E-state index is 0.00786. The van der Waals surface area contributed by atoms with E-state index in [1.54, 1.807) is 12.5 Å². The highest BCUT2D eigenvalue weighted by Gasteiger charge is 2.33. The van der Waals surface area contributed by atoms with Crippen molar-refractivity contribution in [1.82, 2.24) is 9.21 Å². The first-order valence-electron chi connectivity index (χ1n) is 12.0. The molecular weight excluding hydrogens is 512 g/mol. The Labute approximate surface area is 222 Å². The number of piperazine rings is 1. The van der Waals surface area contributed by atoms with E-state index in [0.29, 0.717) is 39.3 Å². The summed E-state index contributed by atoms with van der Waals surface area (Å²) in [5, 5.41) is 1.60. The van der Waals surface area contributed by atoms with Gasteiger partial charge in [-0.15, -0.1) is 11.3 Å². The molecule has 8 nitrogen and oxygen atoms in total. The zero-order chi connectivity index (χ0) is 26.4. The molecule has 37 heavy (non-hydrogen) atoms. The summed E-state index contributed by atoms with van der Waals surface area (Å²) >= 11 is 1.07. The van der Waals surface area contributed by atoms with Gasteiger partial charge in [-0.3, -0.25) is 4.90 Å². The summed E-state index contributed by atoms with van der Waals surface area (Å²) in [6.45, 7) is 4.86. The predicted octanol–water partition coefficient (Wildman–Crippen LogP) is 4.12. The van der Waals surface area contributed by atoms with E-state index in [0.717, 1.165) is 28.2 Å². The highest BCUT2D eigenvalue weighted by molar-refractivity contribution is 7.89. The normalized spacial score (nSPS) is 15.9. The Kier molecular flexibility index (Phi) is 8.99. The highest BCUT2D eigenvalue weighted by Crippen LogP contribution is 2.28. The van der Waals surface area contributed by atoms with Gasteiger partial charge in [0.2, 0.25) is 10.0 Å². The summed E-state index contributed by atoms with van der Waals surface area (Å²) in [7, 11) is -0.913. The Balaban J connectivity index is 1.44. The van der Waals surface area contributed by atoms with Crippen molar-refractivity contribution in [2.24, 2.45) is 0 Å². The summed E-state index contributed by atoms with van der Waals surface area (Å²) in [5.41, 5.74) is 3.29. The Morgan fingerprint density at radius 2 is 1.76 bits per heavy atom. The highest BCUT2D eigenvalue weighted by atomic mass is 32.2. The standard InChI is InChI=1S/C27H32N2O6S2/c1-20-7-9-21(10-8-20)19-35-24(22-5-4-6-23(17-22)33-2)18-28-12-14-29(15-13-28)37(31,32)25-11-16-36-26(25)27(30)34-3/h4-11,16-17,24H,12-15,18-19H2,1-3H3/t24-/m1/s1. The van der Waals surface area contributed by atoms with Gasteiger partial charge in [-0.1, -0.05) is 42.0 Å². The molecule has 0 saturated carbocycles. The summed E-state index contributed by atoms with van der Waals surface area (Å²) in [6, 6.07) is 17.6. The van der Waals surface area contributed by atoms with Gasteiger partial charge in [-0.2, -0.15) is 4.31 Å². The summed E-state index contributed by atoms with van der Waals surface area (Å²) in [6.07, 6.45) is -0.220. The van der Waals surface area contributed by atoms with Crippen molar-refractivity contribution in [2.75, 3.05) is 46.9 Å². The minimum Gasteiger partial charge on any atom is -0.497 e. The van der Waals surface area contributed by atoms with E-state index in [4.69, 9.17) is 14.2 Å². The first-order chi connectivity index (χ1) is 17.8. The lowest BCUT2D eigenvalue weighted by Gasteiger charge is -2.35. The van der Waals surface area contributed by atoms with Crippen LogP contribution in [0.3, 0.4) is 0 Å². The number of hydrogen-bond donors (Lipinski definition) is 0. The molecule has 1 aliphatic rings. The van der Waals surface area contributed by atoms with Crippen molar-refractivity contribution in [3.05, 3.63) is 81.5 Å². The number of nitrogens with zero attached hydrogens (tertiary/aromatic N) is 2. The number of esters is 1. The van der Waals surface area contributed by atoms with Gasteiger partial charge < -0.3 is 14.2 Å². The molecule has 1 saturated heterocycles. The van der Waals surface area contributed by atoms with Crippen LogP contribution in [0.1, 0.15) is 32.5 Å². The average molecular weight is 545 g/mol. The Morgan fingerprint density at radius 1 is 1.03 bits per heavy atom. The molecule has 1 aromatic heterocycles. The second kappa shape index (κ2) is 12.2. The van der Waals surface area contributed by atoms with Crippen molar-refractivity contribution in [3.63, 3.8) is 0 Å². The number of carbonyl (C=O) groups excluding carboxylic acids is 1. The van der Waals surface area contributed by atoms with Crippen molar-refractivity contribution in [1.29, 1.82) is 0 Å². The van der Waals surface area contributed by atoms with Crippen LogP contribution < -0.4 is 4.74 Å². The fraction of sp³-hybridized carbons (Fsp3) is 0.370. The lowest BCUT2D eigenvalue weighted by atomic mass is 10.1. The molecule has 0 unspecified atom stereocenters. The van der Waals surface area contributed by atoms with Gasteiger partial charge in [-0.25, -0.2) is 13.2 Å². The van der Waals surface area contributed by atoms with Gasteiger partial charge in [0.25, 0.3) is 0 Å². The maximum Gasteiger partial charge on any atom is 0.349 e. The molecule has 3 aromatic rings. The Bertz CT molecular complexity index is 1300. The van der Waals surface area contributed by atoms with Gasteiger partial charge in [0.15, 0.2) is 0 Å². The summed E-state index contributed by atoms with van der Waals surface area (Å²) in [4.78, 5) is 14.4. The van der Waals surface area contributed by atoms with E-state index in [2.05, 4.69) is 36.1 Å². The van der Waals surface area contributed by atoms with Gasteiger partial charge in [0, 0.05) is 32.7 Å². The number of sulfonamides is 1. The van der Waals surface area contributed by atoms with Gasteiger partial charge >= 0.3 is 5.97 Å². The number of methoxy groups -OCH3 is 2. The number of rotatable bonds is 10. The van der Waals surface area contributed by atoms with Crippen molar-refractivity contribution >= 4 is 27.3 Å². The van der Waals surface area contributed by atoms with E-state index in [1.807, 2.05) is 24.3 Å². The van der Waals surface area contributed by atoms with Crippen LogP contribution in [-0.4, -0.2) is 70.5 Å². The fourth-order valence-electron chi connectivity index (χ4n) is 4.25. The molecule has 198 valence electrons. The van der Waals surface area contributed by atoms with Gasteiger partial charge in [-0.05, 0) is 41.6 Å². The quantitative estimate of drug-likeness (QED) is 0.355. The van der Waals surface area contributed by atoms with Crippen LogP contribution in [0.5, 0.6) is 5.75 Å². The first-order valence-corrected chi connectivity index (χ1v) is 14.3. The average Bonchev–Trinajstić information content (AvgIpc) is 3.43. The van der Waals surface area contributed by atoms with E-state index in [9.17, 15) is 13.2 Å². The van der Waals surface area contributed by atoms with E-state index < -0.39 is 16.0 Å². The monoisotopic (exact) mass is 544 g/mol. The molecule has 2 heterocycles. The maximum atomic E-state index is 13.3. The second-order valence-electron chi connectivity index (χ2n) is 8.87. The van der Waals surface area contributed by atoms with E-state index in [-0.39, 0.29) is 15.9 Å². The Hall–Kier alpha value is -2.76. The number of hydrogen-bond acceptors (Lipinski definition) is 8. The minimum atomic E-state index is -3.80.